The lowest BCUT2D eigenvalue weighted by Gasteiger charge is -2.25. The first-order chi connectivity index (χ1) is 17.5. The number of nitrogens with one attached hydrogen (secondary N) is 1. The molecular formula is C28H28ClFN4O2. The van der Waals surface area contributed by atoms with Crippen LogP contribution >= 0.6 is 11.6 Å². The Hall–Kier alpha value is -3.29. The van der Waals surface area contributed by atoms with Crippen LogP contribution in [0.1, 0.15) is 38.9 Å². The van der Waals surface area contributed by atoms with Gasteiger partial charge in [0, 0.05) is 38.9 Å². The van der Waals surface area contributed by atoms with E-state index in [0.717, 1.165) is 31.6 Å². The lowest BCUT2D eigenvalue weighted by molar-refractivity contribution is 0.0769. The van der Waals surface area contributed by atoms with Crippen LogP contribution in [0.15, 0.2) is 72.9 Å². The van der Waals surface area contributed by atoms with Crippen LogP contribution in [0.25, 0.3) is 0 Å². The molecule has 8 heteroatoms. The average Bonchev–Trinajstić information content (AvgIpc) is 3.46. The monoisotopic (exact) mass is 506 g/mol. The Balaban J connectivity index is 1.19. The van der Waals surface area contributed by atoms with Crippen molar-refractivity contribution in [2.24, 2.45) is 11.8 Å². The summed E-state index contributed by atoms with van der Waals surface area (Å²) in [4.78, 5) is 34.0. The molecule has 5 rings (SSSR count). The van der Waals surface area contributed by atoms with Crippen LogP contribution < -0.4 is 5.32 Å². The highest BCUT2D eigenvalue weighted by Gasteiger charge is 2.42. The first kappa shape index (κ1) is 24.4. The topological polar surface area (TPSA) is 65.5 Å². The van der Waals surface area contributed by atoms with Crippen molar-refractivity contribution in [2.75, 3.05) is 32.7 Å². The highest BCUT2D eigenvalue weighted by molar-refractivity contribution is 6.33. The number of amides is 2. The van der Waals surface area contributed by atoms with E-state index >= 15 is 0 Å². The molecule has 2 unspecified atom stereocenters. The third-order valence-electron chi connectivity index (χ3n) is 7.16. The number of carbonyl (C=O) groups is 2. The molecule has 2 aliphatic heterocycles. The third kappa shape index (κ3) is 5.27. The molecule has 2 amide bonds. The normalized spacial score (nSPS) is 20.2. The minimum absolute atomic E-state index is 0.0367. The molecule has 1 N–H and O–H groups in total. The van der Waals surface area contributed by atoms with Crippen LogP contribution in [0.4, 0.5) is 4.39 Å². The number of hydrogen-bond donors (Lipinski definition) is 1. The quantitative estimate of drug-likeness (QED) is 0.514. The fourth-order valence-corrected chi connectivity index (χ4v) is 5.59. The largest absolute Gasteiger partial charge is 0.344 e. The van der Waals surface area contributed by atoms with E-state index in [1.165, 1.54) is 12.1 Å². The lowest BCUT2D eigenvalue weighted by atomic mass is 10.0. The van der Waals surface area contributed by atoms with Gasteiger partial charge in [0.1, 0.15) is 11.5 Å². The van der Waals surface area contributed by atoms with Gasteiger partial charge in [0.2, 0.25) is 0 Å². The molecule has 0 spiro atoms. The molecule has 6 nitrogen and oxygen atoms in total. The summed E-state index contributed by atoms with van der Waals surface area (Å²) in [5.41, 5.74) is 1.42. The fourth-order valence-electron chi connectivity index (χ4n) is 5.35. The summed E-state index contributed by atoms with van der Waals surface area (Å²) in [7, 11) is 0. The molecule has 0 aliphatic carbocycles. The summed E-state index contributed by atoms with van der Waals surface area (Å²) in [6.07, 6.45) is 2.37. The minimum Gasteiger partial charge on any atom is -0.344 e. The molecule has 3 heterocycles. The van der Waals surface area contributed by atoms with Gasteiger partial charge in [-0.1, -0.05) is 54.1 Å². The number of carbonyl (C=O) groups excluding carboxylic acids is 2. The Morgan fingerprint density at radius 1 is 0.972 bits per heavy atom. The zero-order valence-electron chi connectivity index (χ0n) is 19.8. The van der Waals surface area contributed by atoms with E-state index in [2.05, 4.69) is 15.2 Å². The second-order valence-electron chi connectivity index (χ2n) is 9.53. The van der Waals surface area contributed by atoms with Gasteiger partial charge in [-0.3, -0.25) is 14.6 Å². The van der Waals surface area contributed by atoms with E-state index in [4.69, 9.17) is 11.6 Å². The summed E-state index contributed by atoms with van der Waals surface area (Å²) in [6, 6.07) is 19.5. The van der Waals surface area contributed by atoms with Crippen LogP contribution in [0.3, 0.4) is 0 Å². The van der Waals surface area contributed by atoms with Crippen molar-refractivity contribution in [3.63, 3.8) is 0 Å². The zero-order chi connectivity index (χ0) is 25.1. The predicted molar refractivity (Wildman–Crippen MR) is 136 cm³/mol. The SMILES string of the molecule is O=C(NC(CCN1CC2CN(C(=O)c3c(F)cccc3Cl)C[C@@H]2C1)c1ccccc1)c1ccccn1. The van der Waals surface area contributed by atoms with E-state index < -0.39 is 5.82 Å². The summed E-state index contributed by atoms with van der Waals surface area (Å²) in [5, 5.41) is 3.30. The van der Waals surface area contributed by atoms with Crippen LogP contribution in [0.5, 0.6) is 0 Å². The first-order valence-electron chi connectivity index (χ1n) is 12.2. The van der Waals surface area contributed by atoms with Gasteiger partial charge in [-0.25, -0.2) is 4.39 Å². The van der Waals surface area contributed by atoms with Crippen molar-refractivity contribution in [3.8, 4) is 0 Å². The van der Waals surface area contributed by atoms with Gasteiger partial charge in [0.05, 0.1) is 16.6 Å². The molecular weight excluding hydrogens is 479 g/mol. The second-order valence-corrected chi connectivity index (χ2v) is 9.93. The highest BCUT2D eigenvalue weighted by atomic mass is 35.5. The molecule has 0 saturated carbocycles. The molecule has 2 saturated heterocycles. The summed E-state index contributed by atoms with van der Waals surface area (Å²) in [5.74, 6) is -0.411. The highest BCUT2D eigenvalue weighted by Crippen LogP contribution is 2.33. The number of nitrogens with zero attached hydrogens (tertiary/aromatic N) is 3. The zero-order valence-corrected chi connectivity index (χ0v) is 20.6. The van der Waals surface area contributed by atoms with Crippen molar-refractivity contribution in [1.29, 1.82) is 0 Å². The van der Waals surface area contributed by atoms with Gasteiger partial charge in [-0.2, -0.15) is 0 Å². The maximum absolute atomic E-state index is 14.2. The van der Waals surface area contributed by atoms with Crippen LogP contribution in [0.2, 0.25) is 5.02 Å². The van der Waals surface area contributed by atoms with Gasteiger partial charge in [-0.05, 0) is 48.1 Å². The van der Waals surface area contributed by atoms with Gasteiger partial charge in [0.15, 0.2) is 0 Å². The van der Waals surface area contributed by atoms with Crippen molar-refractivity contribution in [1.82, 2.24) is 20.1 Å². The van der Waals surface area contributed by atoms with E-state index in [-0.39, 0.29) is 28.4 Å². The fraction of sp³-hybridized carbons (Fsp3) is 0.321. The number of hydrogen-bond acceptors (Lipinski definition) is 4. The predicted octanol–water partition coefficient (Wildman–Crippen LogP) is 4.44. The molecule has 36 heavy (non-hydrogen) atoms. The first-order valence-corrected chi connectivity index (χ1v) is 12.6. The molecule has 3 aromatic rings. The molecule has 1 aromatic heterocycles. The average molecular weight is 507 g/mol. The number of halogens is 2. The van der Waals surface area contributed by atoms with Crippen molar-refractivity contribution in [3.05, 3.63) is 101 Å². The Kier molecular flexibility index (Phi) is 7.30. The standard InChI is InChI=1S/C28H28ClFN4O2/c29-22-9-6-10-23(30)26(22)28(36)34-17-20-15-33(16-21(20)18-34)14-12-24(19-7-2-1-3-8-19)32-27(35)25-11-4-5-13-31-25/h1-11,13,20-21,24H,12,14-18H2,(H,32,35)/t20-,21?,24?/m0/s1. The molecule has 2 fully saturated rings. The van der Waals surface area contributed by atoms with Crippen molar-refractivity contribution < 1.29 is 14.0 Å². The van der Waals surface area contributed by atoms with Gasteiger partial charge in [0.25, 0.3) is 11.8 Å². The van der Waals surface area contributed by atoms with E-state index in [1.54, 1.807) is 35.4 Å². The number of aromatic nitrogens is 1. The number of fused-ring (bicyclic) bond motifs is 1. The van der Waals surface area contributed by atoms with Crippen molar-refractivity contribution in [2.45, 2.75) is 12.5 Å². The van der Waals surface area contributed by atoms with E-state index in [1.807, 2.05) is 30.3 Å². The molecule has 2 aliphatic rings. The van der Waals surface area contributed by atoms with Crippen LogP contribution in [-0.4, -0.2) is 59.3 Å². The Bertz CT molecular complexity index is 1190. The number of likely N-dealkylation sites (tertiary alicyclic amines) is 2. The lowest BCUT2D eigenvalue weighted by Crippen LogP contribution is -2.35. The summed E-state index contributed by atoms with van der Waals surface area (Å²) >= 11 is 6.11. The molecule has 2 aromatic carbocycles. The van der Waals surface area contributed by atoms with E-state index in [0.29, 0.717) is 30.6 Å². The molecule has 0 radical (unpaired) electrons. The Morgan fingerprint density at radius 3 is 2.36 bits per heavy atom. The minimum atomic E-state index is -0.578. The maximum Gasteiger partial charge on any atom is 0.270 e. The van der Waals surface area contributed by atoms with Gasteiger partial charge >= 0.3 is 0 Å². The Morgan fingerprint density at radius 2 is 1.69 bits per heavy atom. The number of rotatable bonds is 7. The van der Waals surface area contributed by atoms with Crippen LogP contribution in [0, 0.1) is 17.7 Å². The number of pyridine rings is 1. The van der Waals surface area contributed by atoms with Crippen LogP contribution in [-0.2, 0) is 0 Å². The third-order valence-corrected chi connectivity index (χ3v) is 7.48. The van der Waals surface area contributed by atoms with Gasteiger partial charge < -0.3 is 15.1 Å². The molecule has 0 bridgehead atoms. The van der Waals surface area contributed by atoms with Crippen molar-refractivity contribution >= 4 is 23.4 Å². The summed E-state index contributed by atoms with van der Waals surface area (Å²) in [6.45, 7) is 3.76. The smallest absolute Gasteiger partial charge is 0.270 e. The Labute approximate surface area is 215 Å². The number of benzene rings is 2. The van der Waals surface area contributed by atoms with E-state index in [9.17, 15) is 14.0 Å². The second kappa shape index (κ2) is 10.8. The summed E-state index contributed by atoms with van der Waals surface area (Å²) < 4.78 is 14.2. The molecule has 3 atom stereocenters. The molecule has 186 valence electrons. The maximum atomic E-state index is 14.2. The van der Waals surface area contributed by atoms with Gasteiger partial charge in [-0.15, -0.1) is 0 Å².